The summed E-state index contributed by atoms with van der Waals surface area (Å²) in [6.45, 7) is 2.27. The van der Waals surface area contributed by atoms with Crippen molar-refractivity contribution in [1.82, 2.24) is 20.2 Å². The van der Waals surface area contributed by atoms with Gasteiger partial charge < -0.3 is 0 Å². The molecule has 0 spiro atoms. The van der Waals surface area contributed by atoms with E-state index >= 15 is 0 Å². The molecule has 0 amide bonds. The molecule has 34 heavy (non-hydrogen) atoms. The second kappa shape index (κ2) is 12.7. The van der Waals surface area contributed by atoms with Crippen molar-refractivity contribution in [2.24, 2.45) is 0 Å². The maximum Gasteiger partial charge on any atom is 0.119 e. The summed E-state index contributed by atoms with van der Waals surface area (Å²) in [6, 6.07) is 22.7. The van der Waals surface area contributed by atoms with Crippen LogP contribution in [0.4, 0.5) is 0 Å². The molecule has 174 valence electrons. The molecular weight excluding hydrogens is 416 g/mol. The van der Waals surface area contributed by atoms with Crippen molar-refractivity contribution >= 4 is 0 Å². The molecule has 0 atom stereocenters. The van der Waals surface area contributed by atoms with Crippen LogP contribution < -0.4 is 0 Å². The van der Waals surface area contributed by atoms with Gasteiger partial charge >= 0.3 is 0 Å². The number of nitrogens with zero attached hydrogens (tertiary/aromatic N) is 4. The molecule has 1 aromatic carbocycles. The standard InChI is InChI=1S/C30H34N4/c1-2-3-4-5-6-7-8-9-14-24-17-19-25(20-18-24)26-23-29(27-15-10-12-21-31-27)33-34-30(26)28-16-11-13-22-32-28/h10-13,15-23H,2-9,14H2,1H3. The second-order valence-electron chi connectivity index (χ2n) is 8.84. The summed E-state index contributed by atoms with van der Waals surface area (Å²) in [5, 5.41) is 9.03. The van der Waals surface area contributed by atoms with Crippen LogP contribution in [0, 0.1) is 0 Å². The molecule has 0 aliphatic carbocycles. The van der Waals surface area contributed by atoms with Gasteiger partial charge in [-0.25, -0.2) is 0 Å². The van der Waals surface area contributed by atoms with Gasteiger partial charge in [-0.05, 0) is 54.3 Å². The van der Waals surface area contributed by atoms with Crippen LogP contribution >= 0.6 is 0 Å². The molecular formula is C30H34N4. The zero-order valence-electron chi connectivity index (χ0n) is 20.2. The third-order valence-corrected chi connectivity index (χ3v) is 6.21. The van der Waals surface area contributed by atoms with E-state index in [4.69, 9.17) is 0 Å². The Bertz CT molecular complexity index is 1130. The Hall–Kier alpha value is -3.40. The molecule has 0 saturated carbocycles. The van der Waals surface area contributed by atoms with E-state index in [0.717, 1.165) is 40.3 Å². The minimum Gasteiger partial charge on any atom is -0.255 e. The molecule has 4 aromatic rings. The SMILES string of the molecule is CCCCCCCCCCc1ccc(-c2cc(-c3ccccn3)nnc2-c2ccccn2)cc1. The second-order valence-corrected chi connectivity index (χ2v) is 8.84. The topological polar surface area (TPSA) is 51.6 Å². The van der Waals surface area contributed by atoms with Gasteiger partial charge in [0.1, 0.15) is 11.4 Å². The minimum absolute atomic E-state index is 0.762. The van der Waals surface area contributed by atoms with Crippen LogP contribution in [-0.2, 0) is 6.42 Å². The Morgan fingerprint density at radius 3 is 1.88 bits per heavy atom. The van der Waals surface area contributed by atoms with Crippen LogP contribution in [0.5, 0.6) is 0 Å². The van der Waals surface area contributed by atoms with Gasteiger partial charge in [0.2, 0.25) is 0 Å². The van der Waals surface area contributed by atoms with E-state index < -0.39 is 0 Å². The molecule has 4 nitrogen and oxygen atoms in total. The molecule has 3 heterocycles. The number of benzene rings is 1. The number of pyridine rings is 2. The zero-order valence-corrected chi connectivity index (χ0v) is 20.2. The van der Waals surface area contributed by atoms with Gasteiger partial charge in [0, 0.05) is 18.0 Å². The van der Waals surface area contributed by atoms with E-state index in [-0.39, 0.29) is 0 Å². The third-order valence-electron chi connectivity index (χ3n) is 6.21. The van der Waals surface area contributed by atoms with E-state index in [9.17, 15) is 0 Å². The molecule has 0 fully saturated rings. The van der Waals surface area contributed by atoms with Crippen molar-refractivity contribution in [2.45, 2.75) is 64.7 Å². The Labute approximate surface area is 203 Å². The zero-order chi connectivity index (χ0) is 23.4. The highest BCUT2D eigenvalue weighted by atomic mass is 15.1. The maximum absolute atomic E-state index is 4.57. The van der Waals surface area contributed by atoms with Crippen molar-refractivity contribution in [3.05, 3.63) is 84.7 Å². The van der Waals surface area contributed by atoms with Gasteiger partial charge in [-0.2, -0.15) is 0 Å². The number of aromatic nitrogens is 4. The van der Waals surface area contributed by atoms with E-state index in [1.54, 1.807) is 12.4 Å². The first-order chi connectivity index (χ1) is 16.8. The Morgan fingerprint density at radius 2 is 1.24 bits per heavy atom. The third kappa shape index (κ3) is 6.57. The minimum atomic E-state index is 0.762. The summed E-state index contributed by atoms with van der Waals surface area (Å²) in [6.07, 6.45) is 15.5. The van der Waals surface area contributed by atoms with Gasteiger partial charge in [-0.1, -0.05) is 88.3 Å². The van der Waals surface area contributed by atoms with Gasteiger partial charge in [0.25, 0.3) is 0 Å². The molecule has 0 saturated heterocycles. The smallest absolute Gasteiger partial charge is 0.119 e. The number of hydrogen-bond donors (Lipinski definition) is 0. The lowest BCUT2D eigenvalue weighted by atomic mass is 9.98. The first-order valence-corrected chi connectivity index (χ1v) is 12.6. The van der Waals surface area contributed by atoms with Crippen molar-refractivity contribution in [2.75, 3.05) is 0 Å². The average molecular weight is 451 g/mol. The summed E-state index contributed by atoms with van der Waals surface area (Å²) >= 11 is 0. The van der Waals surface area contributed by atoms with Crippen LogP contribution in [0.3, 0.4) is 0 Å². The number of aryl methyl sites for hydroxylation is 1. The summed E-state index contributed by atoms with van der Waals surface area (Å²) in [4.78, 5) is 8.97. The summed E-state index contributed by atoms with van der Waals surface area (Å²) in [5.41, 5.74) is 6.71. The van der Waals surface area contributed by atoms with Gasteiger partial charge in [-0.15, -0.1) is 10.2 Å². The predicted molar refractivity (Wildman–Crippen MR) is 140 cm³/mol. The first-order valence-electron chi connectivity index (χ1n) is 12.6. The van der Waals surface area contributed by atoms with Crippen molar-refractivity contribution in [1.29, 1.82) is 0 Å². The summed E-state index contributed by atoms with van der Waals surface area (Å²) in [7, 11) is 0. The monoisotopic (exact) mass is 450 g/mol. The summed E-state index contributed by atoms with van der Waals surface area (Å²) in [5.74, 6) is 0. The number of hydrogen-bond acceptors (Lipinski definition) is 4. The molecule has 3 aromatic heterocycles. The highest BCUT2D eigenvalue weighted by molar-refractivity contribution is 5.81. The van der Waals surface area contributed by atoms with Gasteiger partial charge in [0.15, 0.2) is 0 Å². The number of rotatable bonds is 12. The predicted octanol–water partition coefficient (Wildman–Crippen LogP) is 7.95. The number of unbranched alkanes of at least 4 members (excludes halogenated alkanes) is 7. The van der Waals surface area contributed by atoms with Gasteiger partial charge in [-0.3, -0.25) is 9.97 Å². The fraction of sp³-hybridized carbons (Fsp3) is 0.333. The molecule has 0 aliphatic rings. The van der Waals surface area contributed by atoms with Crippen LogP contribution in [0.15, 0.2) is 79.1 Å². The molecule has 0 radical (unpaired) electrons. The van der Waals surface area contributed by atoms with Crippen molar-refractivity contribution in [3.8, 4) is 33.9 Å². The highest BCUT2D eigenvalue weighted by Crippen LogP contribution is 2.31. The normalized spacial score (nSPS) is 11.0. The Morgan fingerprint density at radius 1 is 0.588 bits per heavy atom. The van der Waals surface area contributed by atoms with Crippen molar-refractivity contribution in [3.63, 3.8) is 0 Å². The molecule has 0 bridgehead atoms. The Balaban J connectivity index is 1.47. The van der Waals surface area contributed by atoms with Crippen LogP contribution in [0.2, 0.25) is 0 Å². The van der Waals surface area contributed by atoms with Crippen LogP contribution in [-0.4, -0.2) is 20.2 Å². The molecule has 4 rings (SSSR count). The Kier molecular flexibility index (Phi) is 8.90. The van der Waals surface area contributed by atoms with Crippen molar-refractivity contribution < 1.29 is 0 Å². The molecule has 0 unspecified atom stereocenters. The average Bonchev–Trinajstić information content (AvgIpc) is 2.91. The molecule has 4 heteroatoms. The van der Waals surface area contributed by atoms with E-state index in [1.807, 2.05) is 36.4 Å². The maximum atomic E-state index is 4.57. The fourth-order valence-corrected chi connectivity index (χ4v) is 4.26. The molecule has 0 N–H and O–H groups in total. The lowest BCUT2D eigenvalue weighted by Crippen LogP contribution is -1.98. The van der Waals surface area contributed by atoms with E-state index in [2.05, 4.69) is 57.4 Å². The van der Waals surface area contributed by atoms with Crippen LogP contribution in [0.1, 0.15) is 63.9 Å². The molecule has 0 aliphatic heterocycles. The largest absolute Gasteiger partial charge is 0.255 e. The van der Waals surface area contributed by atoms with E-state index in [1.165, 1.54) is 56.9 Å². The summed E-state index contributed by atoms with van der Waals surface area (Å²) < 4.78 is 0. The lowest BCUT2D eigenvalue weighted by Gasteiger charge is -2.11. The quantitative estimate of drug-likeness (QED) is 0.205. The highest BCUT2D eigenvalue weighted by Gasteiger charge is 2.14. The first kappa shape index (κ1) is 23.7. The van der Waals surface area contributed by atoms with Gasteiger partial charge in [0.05, 0.1) is 11.4 Å². The lowest BCUT2D eigenvalue weighted by molar-refractivity contribution is 0.575. The van der Waals surface area contributed by atoms with E-state index in [0.29, 0.717) is 0 Å². The van der Waals surface area contributed by atoms with Crippen LogP contribution in [0.25, 0.3) is 33.9 Å². The fourth-order valence-electron chi connectivity index (χ4n) is 4.26.